The molecule has 0 radical (unpaired) electrons. The van der Waals surface area contributed by atoms with Crippen LogP contribution in [0.15, 0.2) is 0 Å². The average molecular weight is 195 g/mol. The Kier molecular flexibility index (Phi) is 6.26. The van der Waals surface area contributed by atoms with E-state index in [2.05, 4.69) is 12.6 Å². The molecule has 0 spiro atoms. The quantitative estimate of drug-likeness (QED) is 0.376. The zero-order valence-corrected chi connectivity index (χ0v) is 9.06. The zero-order chi connectivity index (χ0) is 8.74. The molecule has 68 valence electrons. The van der Waals surface area contributed by atoms with Crippen molar-refractivity contribution in [1.82, 2.24) is 0 Å². The highest BCUT2D eigenvalue weighted by Gasteiger charge is 2.23. The van der Waals surface area contributed by atoms with E-state index in [4.69, 9.17) is 14.3 Å². The molecule has 0 aliphatic carbocycles. The van der Waals surface area contributed by atoms with Gasteiger partial charge in [-0.1, -0.05) is 0 Å². The van der Waals surface area contributed by atoms with Gasteiger partial charge in [-0.3, -0.25) is 0 Å². The standard InChI is InChI=1S/C6H17NO2SSi/c1-8-11(2,7)9-5-3-4-6-10/h10H,3-7H2,1-2H3. The number of unbranched alkanes of at least 4 members (excludes halogenated alkanes) is 1. The Hall–Kier alpha value is 0.447. The first-order chi connectivity index (χ1) is 5.12. The maximum Gasteiger partial charge on any atom is 0.418 e. The van der Waals surface area contributed by atoms with Crippen LogP contribution in [-0.2, 0) is 8.85 Å². The smallest absolute Gasteiger partial charge is 0.386 e. The summed E-state index contributed by atoms with van der Waals surface area (Å²) in [5, 5.41) is 5.67. The van der Waals surface area contributed by atoms with Gasteiger partial charge in [0.1, 0.15) is 0 Å². The van der Waals surface area contributed by atoms with Crippen LogP contribution in [0.3, 0.4) is 0 Å². The van der Waals surface area contributed by atoms with Gasteiger partial charge in [0.25, 0.3) is 0 Å². The summed E-state index contributed by atoms with van der Waals surface area (Å²) in [5.41, 5.74) is 0. The molecule has 0 aromatic carbocycles. The molecule has 0 aromatic heterocycles. The van der Waals surface area contributed by atoms with Crippen molar-refractivity contribution in [3.8, 4) is 0 Å². The molecule has 0 heterocycles. The molecule has 1 unspecified atom stereocenters. The van der Waals surface area contributed by atoms with Gasteiger partial charge in [0.15, 0.2) is 0 Å². The Morgan fingerprint density at radius 1 is 1.45 bits per heavy atom. The lowest BCUT2D eigenvalue weighted by Crippen LogP contribution is -2.48. The molecule has 0 rings (SSSR count). The molecule has 2 N–H and O–H groups in total. The average Bonchev–Trinajstić information content (AvgIpc) is 1.99. The van der Waals surface area contributed by atoms with E-state index in [-0.39, 0.29) is 0 Å². The van der Waals surface area contributed by atoms with Gasteiger partial charge in [0.05, 0.1) is 0 Å². The molecule has 11 heavy (non-hydrogen) atoms. The number of hydrogen-bond donors (Lipinski definition) is 2. The largest absolute Gasteiger partial charge is 0.418 e. The normalized spacial score (nSPS) is 16.4. The van der Waals surface area contributed by atoms with E-state index in [1.54, 1.807) is 7.11 Å². The van der Waals surface area contributed by atoms with Gasteiger partial charge < -0.3 is 14.3 Å². The first-order valence-electron chi connectivity index (χ1n) is 3.71. The maximum absolute atomic E-state index is 5.67. The van der Waals surface area contributed by atoms with Gasteiger partial charge in [-0.05, 0) is 25.1 Å². The van der Waals surface area contributed by atoms with Gasteiger partial charge in [-0.15, -0.1) is 0 Å². The van der Waals surface area contributed by atoms with Crippen molar-refractivity contribution in [2.45, 2.75) is 19.4 Å². The molecule has 0 saturated carbocycles. The summed E-state index contributed by atoms with van der Waals surface area (Å²) in [6, 6.07) is 0. The number of nitrogens with two attached hydrogens (primary N) is 1. The Bertz CT molecular complexity index is 103. The van der Waals surface area contributed by atoms with E-state index in [9.17, 15) is 0 Å². The summed E-state index contributed by atoms with van der Waals surface area (Å²) in [6.07, 6.45) is 2.07. The predicted molar refractivity (Wildman–Crippen MR) is 51.9 cm³/mol. The number of thiol groups is 1. The van der Waals surface area contributed by atoms with Crippen LogP contribution in [0.5, 0.6) is 0 Å². The second kappa shape index (κ2) is 6.02. The van der Waals surface area contributed by atoms with E-state index in [0.717, 1.165) is 18.6 Å². The minimum absolute atomic E-state index is 0.688. The third kappa shape index (κ3) is 6.83. The minimum Gasteiger partial charge on any atom is -0.386 e. The van der Waals surface area contributed by atoms with Gasteiger partial charge in [0.2, 0.25) is 0 Å². The van der Waals surface area contributed by atoms with Crippen molar-refractivity contribution >= 4 is 21.4 Å². The lowest BCUT2D eigenvalue weighted by molar-refractivity contribution is 0.203. The Labute approximate surface area is 75.0 Å². The number of hydrogen-bond acceptors (Lipinski definition) is 4. The van der Waals surface area contributed by atoms with E-state index in [1.807, 2.05) is 6.55 Å². The van der Waals surface area contributed by atoms with Crippen LogP contribution in [0.2, 0.25) is 6.55 Å². The fraction of sp³-hybridized carbons (Fsp3) is 1.00. The monoisotopic (exact) mass is 195 g/mol. The first kappa shape index (κ1) is 11.4. The van der Waals surface area contributed by atoms with E-state index in [0.29, 0.717) is 6.61 Å². The first-order valence-corrected chi connectivity index (χ1v) is 6.74. The molecule has 0 amide bonds. The molecule has 0 fully saturated rings. The maximum atomic E-state index is 5.67. The summed E-state index contributed by atoms with van der Waals surface area (Å²) < 4.78 is 10.3. The van der Waals surface area contributed by atoms with Gasteiger partial charge in [-0.2, -0.15) is 12.6 Å². The van der Waals surface area contributed by atoms with Crippen molar-refractivity contribution < 1.29 is 8.85 Å². The predicted octanol–water partition coefficient (Wildman–Crippen LogP) is 0.887. The van der Waals surface area contributed by atoms with Crippen LogP contribution >= 0.6 is 12.6 Å². The molecule has 0 aliphatic heterocycles. The van der Waals surface area contributed by atoms with Crippen molar-refractivity contribution in [2.24, 2.45) is 5.40 Å². The molecule has 1 atom stereocenters. The highest BCUT2D eigenvalue weighted by atomic mass is 32.1. The van der Waals surface area contributed by atoms with E-state index in [1.165, 1.54) is 0 Å². The molecule has 3 nitrogen and oxygen atoms in total. The topological polar surface area (TPSA) is 44.5 Å². The van der Waals surface area contributed by atoms with Crippen LogP contribution in [0.1, 0.15) is 12.8 Å². The van der Waals surface area contributed by atoms with Gasteiger partial charge in [0, 0.05) is 13.7 Å². The molecular formula is C6H17NO2SSi. The third-order valence-electron chi connectivity index (χ3n) is 1.35. The fourth-order valence-electron chi connectivity index (χ4n) is 0.548. The summed E-state index contributed by atoms with van der Waals surface area (Å²) >= 11 is 4.08. The summed E-state index contributed by atoms with van der Waals surface area (Å²) in [7, 11) is -0.664. The Morgan fingerprint density at radius 2 is 2.09 bits per heavy atom. The van der Waals surface area contributed by atoms with E-state index >= 15 is 0 Å². The Balaban J connectivity index is 3.23. The second-order valence-electron chi connectivity index (χ2n) is 2.50. The molecule has 5 heteroatoms. The summed E-state index contributed by atoms with van der Waals surface area (Å²) in [5.74, 6) is 0.902. The fourth-order valence-corrected chi connectivity index (χ4v) is 1.44. The van der Waals surface area contributed by atoms with Crippen LogP contribution in [0.4, 0.5) is 0 Å². The molecule has 0 aromatic rings. The van der Waals surface area contributed by atoms with Crippen LogP contribution in [0, 0.1) is 0 Å². The van der Waals surface area contributed by atoms with Crippen molar-refractivity contribution in [2.75, 3.05) is 19.5 Å². The zero-order valence-electron chi connectivity index (χ0n) is 7.17. The summed E-state index contributed by atoms with van der Waals surface area (Å²) in [4.78, 5) is 0. The Morgan fingerprint density at radius 3 is 2.55 bits per heavy atom. The second-order valence-corrected chi connectivity index (χ2v) is 5.68. The van der Waals surface area contributed by atoms with Crippen LogP contribution < -0.4 is 5.40 Å². The lowest BCUT2D eigenvalue weighted by atomic mass is 10.4. The number of rotatable bonds is 6. The van der Waals surface area contributed by atoms with Gasteiger partial charge in [-0.25, -0.2) is 0 Å². The van der Waals surface area contributed by atoms with E-state index < -0.39 is 8.72 Å². The molecule has 0 bridgehead atoms. The van der Waals surface area contributed by atoms with Crippen molar-refractivity contribution in [3.63, 3.8) is 0 Å². The highest BCUT2D eigenvalue weighted by Crippen LogP contribution is 1.99. The molecule has 0 saturated heterocycles. The van der Waals surface area contributed by atoms with Crippen molar-refractivity contribution in [1.29, 1.82) is 0 Å². The third-order valence-corrected chi connectivity index (χ3v) is 3.25. The molecular weight excluding hydrogens is 178 g/mol. The lowest BCUT2D eigenvalue weighted by Gasteiger charge is -2.18. The SMILES string of the molecule is CO[Si](C)(N)OCCCCS. The van der Waals surface area contributed by atoms with Crippen LogP contribution in [0.25, 0.3) is 0 Å². The van der Waals surface area contributed by atoms with Crippen LogP contribution in [-0.4, -0.2) is 28.2 Å². The van der Waals surface area contributed by atoms with Crippen molar-refractivity contribution in [3.05, 3.63) is 0 Å². The van der Waals surface area contributed by atoms with Gasteiger partial charge >= 0.3 is 8.72 Å². The highest BCUT2D eigenvalue weighted by molar-refractivity contribution is 7.80. The minimum atomic E-state index is -2.25. The molecule has 0 aliphatic rings. The summed E-state index contributed by atoms with van der Waals surface area (Å²) in [6.45, 7) is 2.52.